The van der Waals surface area contributed by atoms with E-state index in [4.69, 9.17) is 5.73 Å². The third-order valence-electron chi connectivity index (χ3n) is 4.67. The van der Waals surface area contributed by atoms with Gasteiger partial charge in [0, 0.05) is 6.04 Å². The van der Waals surface area contributed by atoms with Crippen LogP contribution in [0.1, 0.15) is 40.0 Å². The van der Waals surface area contributed by atoms with E-state index in [0.717, 1.165) is 17.8 Å². The zero-order valence-corrected chi connectivity index (χ0v) is 8.51. The fourth-order valence-electron chi connectivity index (χ4n) is 3.40. The molecule has 2 bridgehead atoms. The molecule has 3 saturated carbocycles. The predicted octanol–water partition coefficient (Wildman–Crippen LogP) is 2.41. The lowest BCUT2D eigenvalue weighted by atomic mass is 9.45. The van der Waals surface area contributed by atoms with Gasteiger partial charge in [-0.2, -0.15) is 0 Å². The van der Waals surface area contributed by atoms with E-state index in [9.17, 15) is 0 Å². The topological polar surface area (TPSA) is 26.0 Å². The lowest BCUT2D eigenvalue weighted by Gasteiger charge is -2.61. The highest BCUT2D eigenvalue weighted by molar-refractivity contribution is 5.07. The zero-order valence-electron chi connectivity index (χ0n) is 8.51. The Morgan fingerprint density at radius 2 is 2.00 bits per heavy atom. The molecule has 4 atom stereocenters. The maximum atomic E-state index is 6.25. The molecule has 0 radical (unpaired) electrons. The summed E-state index contributed by atoms with van der Waals surface area (Å²) in [5.74, 6) is 2.62. The van der Waals surface area contributed by atoms with Crippen LogP contribution in [-0.4, -0.2) is 6.04 Å². The summed E-state index contributed by atoms with van der Waals surface area (Å²) < 4.78 is 0. The molecule has 3 fully saturated rings. The first kappa shape index (κ1) is 8.55. The summed E-state index contributed by atoms with van der Waals surface area (Å²) in [5.41, 5.74) is 6.81. The molecule has 0 aromatic carbocycles. The first-order valence-electron chi connectivity index (χ1n) is 5.33. The average molecular weight is 167 g/mol. The Kier molecular flexibility index (Phi) is 1.76. The van der Waals surface area contributed by atoms with Gasteiger partial charge in [0.15, 0.2) is 0 Å². The van der Waals surface area contributed by atoms with E-state index in [1.807, 2.05) is 0 Å². The van der Waals surface area contributed by atoms with Crippen LogP contribution >= 0.6 is 0 Å². The van der Waals surface area contributed by atoms with E-state index in [1.54, 1.807) is 0 Å². The summed E-state index contributed by atoms with van der Waals surface area (Å²) in [6, 6.07) is 0.495. The van der Waals surface area contributed by atoms with Crippen LogP contribution in [0.5, 0.6) is 0 Å². The summed E-state index contributed by atoms with van der Waals surface area (Å²) in [4.78, 5) is 0. The van der Waals surface area contributed by atoms with Gasteiger partial charge in [0.2, 0.25) is 0 Å². The molecule has 0 aliphatic heterocycles. The Bertz CT molecular complexity index is 185. The highest BCUT2D eigenvalue weighted by Crippen LogP contribution is 2.60. The van der Waals surface area contributed by atoms with E-state index in [0.29, 0.717) is 11.5 Å². The number of fused-ring (bicyclic) bond motifs is 2. The van der Waals surface area contributed by atoms with Gasteiger partial charge < -0.3 is 5.73 Å². The van der Waals surface area contributed by atoms with Crippen molar-refractivity contribution in [3.05, 3.63) is 0 Å². The van der Waals surface area contributed by atoms with Gasteiger partial charge in [0.05, 0.1) is 0 Å². The van der Waals surface area contributed by atoms with E-state index >= 15 is 0 Å². The maximum absolute atomic E-state index is 6.25. The van der Waals surface area contributed by atoms with Crippen LogP contribution in [0.15, 0.2) is 0 Å². The molecule has 1 nitrogen and oxygen atoms in total. The molecule has 2 N–H and O–H groups in total. The second-order valence-electron chi connectivity index (χ2n) is 5.34. The minimum absolute atomic E-state index is 0.495. The molecule has 3 aliphatic carbocycles. The second kappa shape index (κ2) is 2.47. The molecule has 0 saturated heterocycles. The van der Waals surface area contributed by atoms with Crippen LogP contribution in [0.25, 0.3) is 0 Å². The van der Waals surface area contributed by atoms with Crippen LogP contribution in [-0.2, 0) is 0 Å². The van der Waals surface area contributed by atoms with Crippen molar-refractivity contribution >= 4 is 0 Å². The smallest absolute Gasteiger partial charge is 0.0101 e. The van der Waals surface area contributed by atoms with E-state index in [-0.39, 0.29) is 0 Å². The van der Waals surface area contributed by atoms with Crippen molar-refractivity contribution in [3.8, 4) is 0 Å². The Hall–Kier alpha value is -0.0400. The van der Waals surface area contributed by atoms with Crippen molar-refractivity contribution in [3.63, 3.8) is 0 Å². The molecule has 70 valence electrons. The van der Waals surface area contributed by atoms with Gasteiger partial charge >= 0.3 is 0 Å². The summed E-state index contributed by atoms with van der Waals surface area (Å²) in [7, 11) is 0. The molecule has 3 aliphatic rings. The van der Waals surface area contributed by atoms with Crippen molar-refractivity contribution in [1.29, 1.82) is 0 Å². The monoisotopic (exact) mass is 167 g/mol. The molecule has 0 spiro atoms. The Morgan fingerprint density at radius 3 is 2.42 bits per heavy atom. The largest absolute Gasteiger partial charge is 0.327 e. The molecule has 0 amide bonds. The Morgan fingerprint density at radius 1 is 1.33 bits per heavy atom. The highest BCUT2D eigenvalue weighted by Gasteiger charge is 2.55. The minimum Gasteiger partial charge on any atom is -0.327 e. The van der Waals surface area contributed by atoms with Gasteiger partial charge in [0.1, 0.15) is 0 Å². The third-order valence-corrected chi connectivity index (χ3v) is 4.67. The van der Waals surface area contributed by atoms with Crippen LogP contribution in [0.3, 0.4) is 0 Å². The number of hydrogen-bond acceptors (Lipinski definition) is 1. The Balaban J connectivity index is 2.11. The molecular weight excluding hydrogens is 146 g/mol. The minimum atomic E-state index is 0.495. The molecule has 12 heavy (non-hydrogen) atoms. The van der Waals surface area contributed by atoms with Crippen LogP contribution in [0.4, 0.5) is 0 Å². The van der Waals surface area contributed by atoms with Gasteiger partial charge in [-0.05, 0) is 36.0 Å². The normalized spacial score (nSPS) is 50.0. The fraction of sp³-hybridized carbons (Fsp3) is 1.00. The first-order valence-corrected chi connectivity index (χ1v) is 5.33. The van der Waals surface area contributed by atoms with Crippen LogP contribution < -0.4 is 5.73 Å². The van der Waals surface area contributed by atoms with Gasteiger partial charge in [-0.15, -0.1) is 0 Å². The number of nitrogens with two attached hydrogens (primary N) is 1. The summed E-state index contributed by atoms with van der Waals surface area (Å²) >= 11 is 0. The number of rotatable bonds is 1. The predicted molar refractivity (Wildman–Crippen MR) is 51.8 cm³/mol. The molecule has 0 unspecified atom stereocenters. The van der Waals surface area contributed by atoms with Crippen molar-refractivity contribution in [1.82, 2.24) is 0 Å². The van der Waals surface area contributed by atoms with Crippen LogP contribution in [0.2, 0.25) is 0 Å². The third kappa shape index (κ3) is 0.891. The lowest BCUT2D eigenvalue weighted by molar-refractivity contribution is -0.105. The summed E-state index contributed by atoms with van der Waals surface area (Å²) in [6.45, 7) is 7.08. The Labute approximate surface area is 75.7 Å². The van der Waals surface area contributed by atoms with E-state index in [2.05, 4.69) is 20.8 Å². The second-order valence-corrected chi connectivity index (χ2v) is 5.34. The van der Waals surface area contributed by atoms with Crippen LogP contribution in [0, 0.1) is 23.2 Å². The molecule has 1 heteroatoms. The SMILES string of the molecule is CC[C@H]1C[C@@H]2C[C@H]([C@@H]1N)C2(C)C. The first-order chi connectivity index (χ1) is 5.57. The summed E-state index contributed by atoms with van der Waals surface area (Å²) in [5, 5.41) is 0. The van der Waals surface area contributed by atoms with Gasteiger partial charge in [-0.3, -0.25) is 0 Å². The lowest BCUT2D eigenvalue weighted by Crippen LogP contribution is -2.61. The quantitative estimate of drug-likeness (QED) is 0.637. The zero-order chi connectivity index (χ0) is 8.93. The molecule has 0 aromatic heterocycles. The van der Waals surface area contributed by atoms with Crippen molar-refractivity contribution in [2.24, 2.45) is 28.9 Å². The molecule has 3 rings (SSSR count). The van der Waals surface area contributed by atoms with Gasteiger partial charge in [0.25, 0.3) is 0 Å². The van der Waals surface area contributed by atoms with E-state index < -0.39 is 0 Å². The fourth-order valence-corrected chi connectivity index (χ4v) is 3.40. The standard InChI is InChI=1S/C11H21N/c1-4-7-5-8-6-9(10(7)12)11(8,2)3/h7-10H,4-6,12H2,1-3H3/t7-,8+,9+,10+/m0/s1. The average Bonchev–Trinajstić information content (AvgIpc) is 2.03. The summed E-state index contributed by atoms with van der Waals surface area (Å²) in [6.07, 6.45) is 4.08. The van der Waals surface area contributed by atoms with Gasteiger partial charge in [-0.1, -0.05) is 27.2 Å². The van der Waals surface area contributed by atoms with Crippen molar-refractivity contribution < 1.29 is 0 Å². The van der Waals surface area contributed by atoms with E-state index in [1.165, 1.54) is 19.3 Å². The maximum Gasteiger partial charge on any atom is 0.0101 e. The molecule has 0 heterocycles. The molecule has 0 aromatic rings. The molecular formula is C11H21N. The number of hydrogen-bond donors (Lipinski definition) is 1. The van der Waals surface area contributed by atoms with Gasteiger partial charge in [-0.25, -0.2) is 0 Å². The highest BCUT2D eigenvalue weighted by atomic mass is 14.8. The van der Waals surface area contributed by atoms with Crippen molar-refractivity contribution in [2.75, 3.05) is 0 Å². The van der Waals surface area contributed by atoms with Crippen molar-refractivity contribution in [2.45, 2.75) is 46.1 Å².